The van der Waals surface area contributed by atoms with E-state index < -0.39 is 5.97 Å². The number of hydrogen-bond acceptors (Lipinski definition) is 4. The number of ether oxygens (including phenoxy) is 1. The molecule has 1 heterocycles. The summed E-state index contributed by atoms with van der Waals surface area (Å²) in [7, 11) is 1.66. The molecule has 1 fully saturated rings. The Hall–Kier alpha value is -1.75. The van der Waals surface area contributed by atoms with E-state index in [1.54, 1.807) is 7.11 Å². The van der Waals surface area contributed by atoms with Crippen molar-refractivity contribution in [2.45, 2.75) is 19.4 Å². The van der Waals surface area contributed by atoms with Crippen LogP contribution in [0.1, 0.15) is 13.3 Å². The first kappa shape index (κ1) is 14.7. The van der Waals surface area contributed by atoms with E-state index in [0.29, 0.717) is 6.42 Å². The Morgan fingerprint density at radius 3 is 2.60 bits per heavy atom. The van der Waals surface area contributed by atoms with Gasteiger partial charge in [0.2, 0.25) is 0 Å². The van der Waals surface area contributed by atoms with Crippen LogP contribution in [0.15, 0.2) is 24.3 Å². The summed E-state index contributed by atoms with van der Waals surface area (Å²) in [6.07, 6.45) is 0.647. The van der Waals surface area contributed by atoms with Gasteiger partial charge in [0, 0.05) is 37.9 Å². The highest BCUT2D eigenvalue weighted by Crippen LogP contribution is 2.22. The van der Waals surface area contributed by atoms with E-state index in [0.717, 1.165) is 37.6 Å². The number of anilines is 1. The molecule has 0 aromatic heterocycles. The first-order valence-electron chi connectivity index (χ1n) is 7.01. The molecule has 0 bridgehead atoms. The molecular weight excluding hydrogens is 256 g/mol. The molecule has 1 aliphatic heterocycles. The average molecular weight is 278 g/mol. The topological polar surface area (TPSA) is 53.0 Å². The number of carbonyl (C=O) groups is 1. The Morgan fingerprint density at radius 2 is 2.05 bits per heavy atom. The van der Waals surface area contributed by atoms with Crippen LogP contribution in [0.3, 0.4) is 0 Å². The molecule has 5 nitrogen and oxygen atoms in total. The first-order chi connectivity index (χ1) is 9.65. The van der Waals surface area contributed by atoms with Crippen molar-refractivity contribution in [1.29, 1.82) is 0 Å². The number of piperazine rings is 1. The maximum atomic E-state index is 11.2. The first-order valence-corrected chi connectivity index (χ1v) is 7.01. The molecule has 1 aromatic carbocycles. The summed E-state index contributed by atoms with van der Waals surface area (Å²) in [4.78, 5) is 15.5. The smallest absolute Gasteiger partial charge is 0.320 e. The molecule has 0 radical (unpaired) electrons. The largest absolute Gasteiger partial charge is 0.497 e. The molecular formula is C15H22N2O3. The van der Waals surface area contributed by atoms with Crippen LogP contribution >= 0.6 is 0 Å². The van der Waals surface area contributed by atoms with Crippen molar-refractivity contribution < 1.29 is 14.6 Å². The summed E-state index contributed by atoms with van der Waals surface area (Å²) in [5.74, 6) is 0.129. The molecule has 0 spiro atoms. The number of rotatable bonds is 5. The normalized spacial score (nSPS) is 17.8. The zero-order valence-electron chi connectivity index (χ0n) is 12.1. The van der Waals surface area contributed by atoms with Crippen molar-refractivity contribution >= 4 is 11.7 Å². The van der Waals surface area contributed by atoms with Gasteiger partial charge in [-0.1, -0.05) is 13.0 Å². The summed E-state index contributed by atoms with van der Waals surface area (Å²) < 4.78 is 5.24. The number of methoxy groups -OCH3 is 1. The fourth-order valence-corrected chi connectivity index (χ4v) is 2.69. The Labute approximate surface area is 119 Å². The van der Waals surface area contributed by atoms with E-state index in [-0.39, 0.29) is 6.04 Å². The van der Waals surface area contributed by atoms with Crippen LogP contribution in [0.5, 0.6) is 5.75 Å². The lowest BCUT2D eigenvalue weighted by Gasteiger charge is -2.38. The van der Waals surface area contributed by atoms with Crippen LogP contribution < -0.4 is 9.64 Å². The molecule has 110 valence electrons. The van der Waals surface area contributed by atoms with E-state index in [2.05, 4.69) is 15.9 Å². The van der Waals surface area contributed by atoms with Gasteiger partial charge in [0.15, 0.2) is 0 Å². The fraction of sp³-hybridized carbons (Fsp3) is 0.533. The van der Waals surface area contributed by atoms with Gasteiger partial charge in [-0.2, -0.15) is 0 Å². The fourth-order valence-electron chi connectivity index (χ4n) is 2.69. The molecule has 1 atom stereocenters. The van der Waals surface area contributed by atoms with Gasteiger partial charge in [0.1, 0.15) is 11.8 Å². The van der Waals surface area contributed by atoms with Crippen molar-refractivity contribution in [1.82, 2.24) is 4.90 Å². The molecule has 20 heavy (non-hydrogen) atoms. The maximum Gasteiger partial charge on any atom is 0.320 e. The number of aliphatic carboxylic acids is 1. The number of carboxylic acids is 1. The summed E-state index contributed by atoms with van der Waals surface area (Å²) in [6, 6.07) is 7.63. The molecule has 2 rings (SSSR count). The van der Waals surface area contributed by atoms with Crippen molar-refractivity contribution in [3.63, 3.8) is 0 Å². The van der Waals surface area contributed by atoms with E-state index in [1.165, 1.54) is 0 Å². The molecule has 0 saturated carbocycles. The molecule has 5 heteroatoms. The van der Waals surface area contributed by atoms with E-state index in [9.17, 15) is 9.90 Å². The lowest BCUT2D eigenvalue weighted by atomic mass is 10.1. The molecule has 1 saturated heterocycles. The second-order valence-electron chi connectivity index (χ2n) is 4.99. The van der Waals surface area contributed by atoms with Crippen molar-refractivity contribution in [2.24, 2.45) is 0 Å². The van der Waals surface area contributed by atoms with Gasteiger partial charge in [-0.05, 0) is 18.6 Å². The monoisotopic (exact) mass is 278 g/mol. The van der Waals surface area contributed by atoms with Gasteiger partial charge in [0.25, 0.3) is 0 Å². The van der Waals surface area contributed by atoms with Crippen molar-refractivity contribution in [3.05, 3.63) is 24.3 Å². The quantitative estimate of drug-likeness (QED) is 0.888. The van der Waals surface area contributed by atoms with E-state index in [4.69, 9.17) is 4.74 Å². The van der Waals surface area contributed by atoms with E-state index in [1.807, 2.05) is 25.1 Å². The summed E-state index contributed by atoms with van der Waals surface area (Å²) >= 11 is 0. The minimum atomic E-state index is -0.720. The highest BCUT2D eigenvalue weighted by Gasteiger charge is 2.27. The Morgan fingerprint density at radius 1 is 1.35 bits per heavy atom. The van der Waals surface area contributed by atoms with Crippen molar-refractivity contribution in [3.8, 4) is 5.75 Å². The number of benzene rings is 1. The second kappa shape index (κ2) is 6.61. The highest BCUT2D eigenvalue weighted by atomic mass is 16.5. The Kier molecular flexibility index (Phi) is 4.84. The molecule has 0 aliphatic carbocycles. The molecule has 1 aliphatic rings. The van der Waals surface area contributed by atoms with Gasteiger partial charge < -0.3 is 14.7 Å². The van der Waals surface area contributed by atoms with Crippen LogP contribution in [0.25, 0.3) is 0 Å². The third-order valence-corrected chi connectivity index (χ3v) is 3.85. The summed E-state index contributed by atoms with van der Waals surface area (Å²) in [5.41, 5.74) is 1.13. The lowest BCUT2D eigenvalue weighted by molar-refractivity contribution is -0.143. The second-order valence-corrected chi connectivity index (χ2v) is 4.99. The summed E-state index contributed by atoms with van der Waals surface area (Å²) in [5, 5.41) is 9.20. The SMILES string of the molecule is CC[C@@H](C(=O)O)N1CCN(c2cccc(OC)c2)CC1. The van der Waals surface area contributed by atoms with Gasteiger partial charge >= 0.3 is 5.97 Å². The molecule has 1 N–H and O–H groups in total. The molecule has 0 amide bonds. The van der Waals surface area contributed by atoms with Gasteiger partial charge in [0.05, 0.1) is 7.11 Å². The highest BCUT2D eigenvalue weighted by molar-refractivity contribution is 5.73. The third-order valence-electron chi connectivity index (χ3n) is 3.85. The van der Waals surface area contributed by atoms with Crippen LogP contribution in [0.4, 0.5) is 5.69 Å². The van der Waals surface area contributed by atoms with Crippen LogP contribution in [-0.2, 0) is 4.79 Å². The number of carboxylic acid groups (broad SMARTS) is 1. The van der Waals surface area contributed by atoms with Gasteiger partial charge in [-0.15, -0.1) is 0 Å². The zero-order valence-corrected chi connectivity index (χ0v) is 12.1. The number of hydrogen-bond donors (Lipinski definition) is 1. The van der Waals surface area contributed by atoms with Gasteiger partial charge in [-0.25, -0.2) is 0 Å². The predicted molar refractivity (Wildman–Crippen MR) is 78.5 cm³/mol. The third kappa shape index (κ3) is 3.22. The Bertz CT molecular complexity index is 456. The Balaban J connectivity index is 1.98. The zero-order chi connectivity index (χ0) is 14.5. The minimum absolute atomic E-state index is 0.359. The maximum absolute atomic E-state index is 11.2. The minimum Gasteiger partial charge on any atom is -0.497 e. The van der Waals surface area contributed by atoms with Crippen LogP contribution in [0.2, 0.25) is 0 Å². The predicted octanol–water partition coefficient (Wildman–Crippen LogP) is 1.68. The summed E-state index contributed by atoms with van der Waals surface area (Å²) in [6.45, 7) is 5.17. The average Bonchev–Trinajstić information content (AvgIpc) is 2.48. The van der Waals surface area contributed by atoms with E-state index >= 15 is 0 Å². The number of nitrogens with zero attached hydrogens (tertiary/aromatic N) is 2. The van der Waals surface area contributed by atoms with Crippen LogP contribution in [0, 0.1) is 0 Å². The molecule has 1 aromatic rings. The lowest BCUT2D eigenvalue weighted by Crippen LogP contribution is -2.52. The van der Waals surface area contributed by atoms with Crippen LogP contribution in [-0.4, -0.2) is 55.3 Å². The van der Waals surface area contributed by atoms with Gasteiger partial charge in [-0.3, -0.25) is 9.69 Å². The van der Waals surface area contributed by atoms with Crippen molar-refractivity contribution in [2.75, 3.05) is 38.2 Å². The standard InChI is InChI=1S/C15H22N2O3/c1-3-14(15(18)19)17-9-7-16(8-10-17)12-5-4-6-13(11-12)20-2/h4-6,11,14H,3,7-10H2,1-2H3,(H,18,19)/t14-/m0/s1. The molecule has 0 unspecified atom stereocenters.